The van der Waals surface area contributed by atoms with Gasteiger partial charge in [0.15, 0.2) is 0 Å². The molecule has 0 radical (unpaired) electrons. The molecule has 2 aromatic heterocycles. The highest BCUT2D eigenvalue weighted by atomic mass is 16.3. The highest BCUT2D eigenvalue weighted by molar-refractivity contribution is 6.26. The summed E-state index contributed by atoms with van der Waals surface area (Å²) in [6.45, 7) is 4.52. The van der Waals surface area contributed by atoms with Gasteiger partial charge in [-0.05, 0) is 44.5 Å². The van der Waals surface area contributed by atoms with Crippen molar-refractivity contribution in [2.24, 2.45) is 0 Å². The van der Waals surface area contributed by atoms with Crippen LogP contribution in [-0.4, -0.2) is 0 Å². The van der Waals surface area contributed by atoms with E-state index in [2.05, 4.69) is 67.3 Å². The maximum Gasteiger partial charge on any atom is 0.114 e. The van der Waals surface area contributed by atoms with Gasteiger partial charge in [0.1, 0.15) is 12.5 Å². The first-order valence-corrected chi connectivity index (χ1v) is 10.3. The van der Waals surface area contributed by atoms with E-state index in [1.165, 1.54) is 37.9 Å². The average molecular weight is 391 g/mol. The number of hydrogen-bond acceptors (Lipinski definition) is 3. The minimum absolute atomic E-state index is 0.474. The summed E-state index contributed by atoms with van der Waals surface area (Å²) in [7, 11) is 0. The zero-order valence-electron chi connectivity index (χ0n) is 16.9. The summed E-state index contributed by atoms with van der Waals surface area (Å²) < 4.78 is 10.8. The van der Waals surface area contributed by atoms with E-state index < -0.39 is 0 Å². The molecule has 3 nitrogen and oxygen atoms in total. The molecule has 6 rings (SSSR count). The van der Waals surface area contributed by atoms with Crippen LogP contribution >= 0.6 is 0 Å². The van der Waals surface area contributed by atoms with E-state index in [9.17, 15) is 0 Å². The lowest BCUT2D eigenvalue weighted by Gasteiger charge is -2.25. The first-order chi connectivity index (χ1) is 14.7. The van der Waals surface area contributed by atoms with Crippen LogP contribution in [0.4, 0.5) is 17.1 Å². The molecule has 0 saturated heterocycles. The Kier molecular flexibility index (Phi) is 3.66. The summed E-state index contributed by atoms with van der Waals surface area (Å²) >= 11 is 0. The molecule has 146 valence electrons. The molecule has 0 amide bonds. The predicted molar refractivity (Wildman–Crippen MR) is 123 cm³/mol. The molecule has 0 bridgehead atoms. The van der Waals surface area contributed by atoms with Crippen LogP contribution in [0.3, 0.4) is 0 Å². The van der Waals surface area contributed by atoms with Crippen LogP contribution in [-0.2, 0) is 0 Å². The Morgan fingerprint density at radius 3 is 1.80 bits per heavy atom. The van der Waals surface area contributed by atoms with Gasteiger partial charge in [0.25, 0.3) is 0 Å². The monoisotopic (exact) mass is 391 g/mol. The maximum absolute atomic E-state index is 5.41. The Morgan fingerprint density at radius 1 is 0.633 bits per heavy atom. The molecule has 0 saturated carbocycles. The second-order valence-electron chi connectivity index (χ2n) is 8.12. The van der Waals surface area contributed by atoms with Crippen molar-refractivity contribution in [2.45, 2.75) is 19.8 Å². The van der Waals surface area contributed by atoms with Gasteiger partial charge in [-0.15, -0.1) is 0 Å². The topological polar surface area (TPSA) is 29.5 Å². The largest absolute Gasteiger partial charge is 0.470 e. The maximum atomic E-state index is 5.41. The molecule has 0 unspecified atom stereocenters. The molecule has 0 spiro atoms. The number of benzene rings is 4. The van der Waals surface area contributed by atoms with Gasteiger partial charge in [0, 0.05) is 17.5 Å². The normalized spacial score (nSPS) is 12.0. The average Bonchev–Trinajstić information content (AvgIpc) is 3.48. The number of anilines is 3. The molecule has 3 heteroatoms. The minimum Gasteiger partial charge on any atom is -0.470 e. The molecule has 30 heavy (non-hydrogen) atoms. The van der Waals surface area contributed by atoms with Gasteiger partial charge in [-0.25, -0.2) is 0 Å². The van der Waals surface area contributed by atoms with E-state index >= 15 is 0 Å². The molecular formula is C27H21NO2. The minimum atomic E-state index is 0.474. The summed E-state index contributed by atoms with van der Waals surface area (Å²) in [5.74, 6) is 0.474. The lowest BCUT2D eigenvalue weighted by Crippen LogP contribution is -2.08. The van der Waals surface area contributed by atoms with Crippen LogP contribution < -0.4 is 4.90 Å². The second-order valence-corrected chi connectivity index (χ2v) is 8.12. The van der Waals surface area contributed by atoms with E-state index in [1.807, 2.05) is 12.1 Å². The van der Waals surface area contributed by atoms with Crippen LogP contribution in [0.25, 0.3) is 32.3 Å². The summed E-state index contributed by atoms with van der Waals surface area (Å²) in [5, 5.41) is 7.75. The molecule has 0 N–H and O–H groups in total. The summed E-state index contributed by atoms with van der Waals surface area (Å²) in [5.41, 5.74) is 4.43. The van der Waals surface area contributed by atoms with Crippen molar-refractivity contribution in [3.63, 3.8) is 0 Å². The van der Waals surface area contributed by atoms with Crippen molar-refractivity contribution in [3.8, 4) is 0 Å². The zero-order chi connectivity index (χ0) is 20.2. The summed E-state index contributed by atoms with van der Waals surface area (Å²) in [6.07, 6.45) is 6.93. The van der Waals surface area contributed by atoms with Crippen molar-refractivity contribution < 1.29 is 8.83 Å². The number of hydrogen-bond donors (Lipinski definition) is 0. The molecule has 6 aromatic rings. The fourth-order valence-corrected chi connectivity index (χ4v) is 4.70. The number of rotatable bonds is 4. The third-order valence-electron chi connectivity index (χ3n) is 6.07. The third-order valence-corrected chi connectivity index (χ3v) is 6.07. The molecule has 0 aliphatic carbocycles. The smallest absolute Gasteiger partial charge is 0.114 e. The fraction of sp³-hybridized carbons (Fsp3) is 0.111. The summed E-state index contributed by atoms with van der Waals surface area (Å²) in [4.78, 5) is 2.18. The fourth-order valence-electron chi connectivity index (χ4n) is 4.70. The molecule has 4 aromatic carbocycles. The lowest BCUT2D eigenvalue weighted by molar-refractivity contribution is 0.566. The molecule has 2 heterocycles. The Labute approximate surface area is 174 Å². The van der Waals surface area contributed by atoms with E-state index in [-0.39, 0.29) is 0 Å². The quantitative estimate of drug-likeness (QED) is 0.283. The third kappa shape index (κ3) is 2.38. The summed E-state index contributed by atoms with van der Waals surface area (Å²) in [6, 6.07) is 21.9. The van der Waals surface area contributed by atoms with Crippen molar-refractivity contribution in [2.75, 3.05) is 4.90 Å². The molecule has 0 aliphatic rings. The number of furan rings is 2. The SMILES string of the molecule is CC(C)c1ccc2ccc3c(N(c4ccoc4)c4ccoc4)ccc4ccc1c2c43. The van der Waals surface area contributed by atoms with Crippen molar-refractivity contribution in [3.05, 3.63) is 91.3 Å². The standard InChI is InChI=1S/C27H21NO2/c1-17(2)22-7-3-18-5-9-24-25(10-6-19-4-8-23(22)26(18)27(19)24)28(20-11-13-29-15-20)21-12-14-30-16-21/h3-17H,1-2H3. The van der Waals surface area contributed by atoms with Gasteiger partial charge in [-0.3, -0.25) is 0 Å². The highest BCUT2D eigenvalue weighted by Crippen LogP contribution is 2.44. The first-order valence-electron chi connectivity index (χ1n) is 10.3. The molecule has 0 fully saturated rings. The predicted octanol–water partition coefficient (Wildman–Crippen LogP) is 8.36. The van der Waals surface area contributed by atoms with Gasteiger partial charge < -0.3 is 13.7 Å². The Morgan fingerprint density at radius 2 is 1.20 bits per heavy atom. The van der Waals surface area contributed by atoms with E-state index in [1.54, 1.807) is 25.1 Å². The molecule has 0 aliphatic heterocycles. The first kappa shape index (κ1) is 17.2. The Bertz CT molecular complexity index is 1430. The van der Waals surface area contributed by atoms with Crippen LogP contribution in [0, 0.1) is 0 Å². The van der Waals surface area contributed by atoms with Crippen molar-refractivity contribution in [1.82, 2.24) is 0 Å². The van der Waals surface area contributed by atoms with Crippen molar-refractivity contribution in [1.29, 1.82) is 0 Å². The van der Waals surface area contributed by atoms with E-state index in [4.69, 9.17) is 8.83 Å². The van der Waals surface area contributed by atoms with Gasteiger partial charge >= 0.3 is 0 Å². The van der Waals surface area contributed by atoms with E-state index in [0.29, 0.717) is 5.92 Å². The van der Waals surface area contributed by atoms with Gasteiger partial charge in [0.2, 0.25) is 0 Å². The van der Waals surface area contributed by atoms with Gasteiger partial charge in [-0.1, -0.05) is 56.3 Å². The van der Waals surface area contributed by atoms with E-state index in [0.717, 1.165) is 17.1 Å². The van der Waals surface area contributed by atoms with Crippen LogP contribution in [0.1, 0.15) is 25.3 Å². The molecular weight excluding hydrogens is 370 g/mol. The lowest BCUT2D eigenvalue weighted by atomic mass is 9.88. The van der Waals surface area contributed by atoms with Gasteiger partial charge in [0.05, 0.1) is 29.6 Å². The Hall–Kier alpha value is -3.72. The second kappa shape index (κ2) is 6.39. The molecule has 0 atom stereocenters. The van der Waals surface area contributed by atoms with Crippen LogP contribution in [0.15, 0.2) is 94.6 Å². The highest BCUT2D eigenvalue weighted by Gasteiger charge is 2.20. The van der Waals surface area contributed by atoms with Crippen LogP contribution in [0.5, 0.6) is 0 Å². The Balaban J connectivity index is 1.73. The zero-order valence-corrected chi connectivity index (χ0v) is 16.9. The van der Waals surface area contributed by atoms with Crippen molar-refractivity contribution >= 4 is 49.4 Å². The van der Waals surface area contributed by atoms with Gasteiger partial charge in [-0.2, -0.15) is 0 Å². The van der Waals surface area contributed by atoms with Crippen LogP contribution in [0.2, 0.25) is 0 Å². The number of nitrogens with zero attached hydrogens (tertiary/aromatic N) is 1.